The Labute approximate surface area is 156 Å². The molecule has 3 heteroatoms. The van der Waals surface area contributed by atoms with Crippen molar-refractivity contribution in [3.63, 3.8) is 0 Å². The molecule has 0 unspecified atom stereocenters. The molecule has 0 radical (unpaired) electrons. The molecule has 0 aliphatic rings. The van der Waals surface area contributed by atoms with Crippen molar-refractivity contribution in [3.05, 3.63) is 112 Å². The molecule has 26 heavy (non-hydrogen) atoms. The maximum Gasteiger partial charge on any atom is 0.191 e. The van der Waals surface area contributed by atoms with Gasteiger partial charge in [-0.2, -0.15) is 0 Å². The minimum absolute atomic E-state index is 0.0905. The molecule has 2 nitrogen and oxygen atoms in total. The first-order chi connectivity index (χ1) is 12.8. The molecular weight excluding hydrogens is 342 g/mol. The zero-order valence-corrected chi connectivity index (χ0v) is 14.7. The molecule has 3 aromatic carbocycles. The Morgan fingerprint density at radius 3 is 1.73 bits per heavy atom. The van der Waals surface area contributed by atoms with E-state index in [0.717, 1.165) is 22.5 Å². The van der Waals surface area contributed by atoms with Crippen molar-refractivity contribution in [1.82, 2.24) is 4.57 Å². The Kier molecular flexibility index (Phi) is 4.42. The Balaban J connectivity index is 2.07. The maximum atomic E-state index is 12.9. The average molecular weight is 358 g/mol. The van der Waals surface area contributed by atoms with E-state index in [2.05, 4.69) is 0 Å². The number of hydrogen-bond acceptors (Lipinski definition) is 1. The first-order valence-electron chi connectivity index (χ1n) is 8.37. The third-order valence-corrected chi connectivity index (χ3v) is 4.66. The molecule has 0 amide bonds. The molecule has 0 spiro atoms. The van der Waals surface area contributed by atoms with Gasteiger partial charge in [0, 0.05) is 11.8 Å². The molecule has 0 aliphatic heterocycles. The fraction of sp³-hybridized carbons (Fsp3) is 0. The lowest BCUT2D eigenvalue weighted by atomic mass is 10.0. The lowest BCUT2D eigenvalue weighted by Gasteiger charge is -2.18. The Bertz CT molecular complexity index is 1090. The van der Waals surface area contributed by atoms with E-state index in [1.54, 1.807) is 6.07 Å². The first kappa shape index (κ1) is 16.4. The van der Waals surface area contributed by atoms with Crippen LogP contribution in [0, 0.1) is 0 Å². The second kappa shape index (κ2) is 7.03. The molecule has 1 heterocycles. The van der Waals surface area contributed by atoms with Gasteiger partial charge in [0.25, 0.3) is 0 Å². The summed E-state index contributed by atoms with van der Waals surface area (Å²) in [5.41, 5.74) is 3.85. The minimum atomic E-state index is -0.0905. The van der Waals surface area contributed by atoms with Crippen LogP contribution in [0.15, 0.2) is 102 Å². The number of pyridine rings is 1. The van der Waals surface area contributed by atoms with Gasteiger partial charge in [0.1, 0.15) is 5.15 Å². The predicted octanol–water partition coefficient (Wildman–Crippen LogP) is 5.82. The van der Waals surface area contributed by atoms with Crippen LogP contribution in [0.4, 0.5) is 0 Å². The Hall–Kier alpha value is -3.10. The molecule has 0 atom stereocenters. The van der Waals surface area contributed by atoms with Crippen LogP contribution >= 0.6 is 11.6 Å². The molecule has 1 aromatic heterocycles. The highest BCUT2D eigenvalue weighted by atomic mass is 35.5. The van der Waals surface area contributed by atoms with Gasteiger partial charge in [-0.25, -0.2) is 0 Å². The normalized spacial score (nSPS) is 10.7. The van der Waals surface area contributed by atoms with Crippen LogP contribution < -0.4 is 5.43 Å². The predicted molar refractivity (Wildman–Crippen MR) is 108 cm³/mol. The van der Waals surface area contributed by atoms with E-state index in [1.165, 1.54) is 0 Å². The molecule has 4 rings (SSSR count). The van der Waals surface area contributed by atoms with Crippen molar-refractivity contribution < 1.29 is 0 Å². The molecule has 0 bridgehead atoms. The van der Waals surface area contributed by atoms with Gasteiger partial charge in [0.2, 0.25) is 0 Å². The second-order valence-electron chi connectivity index (χ2n) is 5.96. The highest BCUT2D eigenvalue weighted by Gasteiger charge is 2.17. The third-order valence-electron chi connectivity index (χ3n) is 4.30. The molecule has 4 aromatic rings. The number of nitrogens with zero attached hydrogens (tertiary/aromatic N) is 1. The van der Waals surface area contributed by atoms with Gasteiger partial charge in [-0.05, 0) is 23.3 Å². The van der Waals surface area contributed by atoms with Crippen LogP contribution in [0.5, 0.6) is 0 Å². The summed E-state index contributed by atoms with van der Waals surface area (Å²) in [6, 6.07) is 30.9. The lowest BCUT2D eigenvalue weighted by molar-refractivity contribution is 1.05. The van der Waals surface area contributed by atoms with Gasteiger partial charge >= 0.3 is 0 Å². The molecule has 126 valence electrons. The smallest absolute Gasteiger partial charge is 0.191 e. The lowest BCUT2D eigenvalue weighted by Crippen LogP contribution is -2.13. The topological polar surface area (TPSA) is 22.0 Å². The average Bonchev–Trinajstić information content (AvgIpc) is 2.70. The van der Waals surface area contributed by atoms with E-state index in [1.807, 2.05) is 95.6 Å². The van der Waals surface area contributed by atoms with E-state index < -0.39 is 0 Å². The number of halogens is 1. The van der Waals surface area contributed by atoms with Crippen LogP contribution in [0.3, 0.4) is 0 Å². The Morgan fingerprint density at radius 2 is 1.15 bits per heavy atom. The van der Waals surface area contributed by atoms with E-state index in [0.29, 0.717) is 10.7 Å². The standard InChI is InChI=1S/C23H16ClNO/c24-23-22(18-12-6-2-7-13-18)21(26)16-20(17-10-4-1-5-11-17)25(23)19-14-8-3-9-15-19/h1-16H. The second-order valence-corrected chi connectivity index (χ2v) is 6.32. The van der Waals surface area contributed by atoms with Crippen LogP contribution in [0.25, 0.3) is 28.1 Å². The molecule has 0 saturated carbocycles. The van der Waals surface area contributed by atoms with Crippen LogP contribution in [0.2, 0.25) is 5.15 Å². The quantitative estimate of drug-likeness (QED) is 0.423. The van der Waals surface area contributed by atoms with Crippen LogP contribution in [-0.4, -0.2) is 4.57 Å². The number of rotatable bonds is 3. The van der Waals surface area contributed by atoms with Gasteiger partial charge in [-0.1, -0.05) is 90.5 Å². The van der Waals surface area contributed by atoms with Crippen molar-refractivity contribution in [2.75, 3.05) is 0 Å². The number of para-hydroxylation sites is 1. The number of benzene rings is 3. The van der Waals surface area contributed by atoms with Crippen molar-refractivity contribution in [3.8, 4) is 28.1 Å². The summed E-state index contributed by atoms with van der Waals surface area (Å²) in [6.45, 7) is 0. The minimum Gasteiger partial charge on any atom is -0.299 e. The van der Waals surface area contributed by atoms with Gasteiger partial charge in [0.05, 0.1) is 11.3 Å². The van der Waals surface area contributed by atoms with Crippen molar-refractivity contribution >= 4 is 11.6 Å². The van der Waals surface area contributed by atoms with Crippen LogP contribution in [-0.2, 0) is 0 Å². The SMILES string of the molecule is O=c1cc(-c2ccccc2)n(-c2ccccc2)c(Cl)c1-c1ccccc1. The summed E-state index contributed by atoms with van der Waals surface area (Å²) in [5.74, 6) is 0. The largest absolute Gasteiger partial charge is 0.299 e. The van der Waals surface area contributed by atoms with E-state index in [9.17, 15) is 4.79 Å². The first-order valence-corrected chi connectivity index (χ1v) is 8.75. The monoisotopic (exact) mass is 357 g/mol. The highest BCUT2D eigenvalue weighted by Crippen LogP contribution is 2.32. The van der Waals surface area contributed by atoms with Crippen LogP contribution in [0.1, 0.15) is 0 Å². The van der Waals surface area contributed by atoms with Crippen molar-refractivity contribution in [1.29, 1.82) is 0 Å². The number of aromatic nitrogens is 1. The fourth-order valence-corrected chi connectivity index (χ4v) is 3.49. The summed E-state index contributed by atoms with van der Waals surface area (Å²) < 4.78 is 1.93. The zero-order valence-electron chi connectivity index (χ0n) is 14.0. The summed E-state index contributed by atoms with van der Waals surface area (Å²) >= 11 is 6.80. The van der Waals surface area contributed by atoms with Crippen molar-refractivity contribution in [2.45, 2.75) is 0 Å². The maximum absolute atomic E-state index is 12.9. The molecule has 0 aliphatic carbocycles. The van der Waals surface area contributed by atoms with Gasteiger partial charge in [-0.15, -0.1) is 0 Å². The van der Waals surface area contributed by atoms with Gasteiger partial charge in [0.15, 0.2) is 5.43 Å². The Morgan fingerprint density at radius 1 is 0.654 bits per heavy atom. The summed E-state index contributed by atoms with van der Waals surface area (Å²) in [6.07, 6.45) is 0. The summed E-state index contributed by atoms with van der Waals surface area (Å²) in [5, 5.41) is 0.411. The molecule has 0 N–H and O–H groups in total. The van der Waals surface area contributed by atoms with E-state index in [4.69, 9.17) is 11.6 Å². The molecule has 0 fully saturated rings. The fourth-order valence-electron chi connectivity index (χ4n) is 3.10. The highest BCUT2D eigenvalue weighted by molar-refractivity contribution is 6.32. The van der Waals surface area contributed by atoms with E-state index >= 15 is 0 Å². The molecule has 0 saturated heterocycles. The molecular formula is C23H16ClNO. The van der Waals surface area contributed by atoms with Gasteiger partial charge < -0.3 is 0 Å². The third kappa shape index (κ3) is 2.96. The summed E-state index contributed by atoms with van der Waals surface area (Å²) in [7, 11) is 0. The van der Waals surface area contributed by atoms with E-state index in [-0.39, 0.29) is 5.43 Å². The van der Waals surface area contributed by atoms with Crippen molar-refractivity contribution in [2.24, 2.45) is 0 Å². The van der Waals surface area contributed by atoms with Gasteiger partial charge in [-0.3, -0.25) is 9.36 Å². The number of hydrogen-bond donors (Lipinski definition) is 0. The zero-order chi connectivity index (χ0) is 17.9. The summed E-state index contributed by atoms with van der Waals surface area (Å²) in [4.78, 5) is 12.9.